The molecule has 0 fully saturated rings. The Labute approximate surface area is 153 Å². The maximum Gasteiger partial charge on any atom is 0.174 e. The molecule has 1 N–H and O–H groups in total. The highest BCUT2D eigenvalue weighted by atomic mass is 32.1. The molecule has 1 atom stereocenters. The predicted octanol–water partition coefficient (Wildman–Crippen LogP) is 5.29. The van der Waals surface area contributed by atoms with Gasteiger partial charge in [0.2, 0.25) is 0 Å². The van der Waals surface area contributed by atoms with Crippen LogP contribution in [0.15, 0.2) is 53.2 Å². The highest BCUT2D eigenvalue weighted by Gasteiger charge is 2.32. The number of nitrogens with zero attached hydrogens (tertiary/aromatic N) is 1. The van der Waals surface area contributed by atoms with Crippen molar-refractivity contribution in [2.75, 3.05) is 11.9 Å². The third-order valence-corrected chi connectivity index (χ3v) is 6.41. The van der Waals surface area contributed by atoms with Crippen LogP contribution in [0.5, 0.6) is 0 Å². The van der Waals surface area contributed by atoms with Gasteiger partial charge in [0.25, 0.3) is 0 Å². The van der Waals surface area contributed by atoms with Crippen LogP contribution < -0.4 is 5.32 Å². The maximum absolute atomic E-state index is 13.9. The Morgan fingerprint density at radius 1 is 1.12 bits per heavy atom. The second kappa shape index (κ2) is 6.63. The number of halogens is 1. The van der Waals surface area contributed by atoms with Gasteiger partial charge in [0.1, 0.15) is 5.82 Å². The van der Waals surface area contributed by atoms with Crippen molar-refractivity contribution >= 4 is 45.7 Å². The van der Waals surface area contributed by atoms with E-state index in [1.165, 1.54) is 21.4 Å². The lowest BCUT2D eigenvalue weighted by atomic mass is 9.99. The van der Waals surface area contributed by atoms with Crippen LogP contribution in [0.1, 0.15) is 21.4 Å². The van der Waals surface area contributed by atoms with Crippen molar-refractivity contribution in [3.63, 3.8) is 0 Å². The Morgan fingerprint density at radius 2 is 2.00 bits per heavy atom. The minimum Gasteiger partial charge on any atom is -0.337 e. The van der Waals surface area contributed by atoms with E-state index in [0.29, 0.717) is 10.8 Å². The second-order valence-corrected chi connectivity index (χ2v) is 7.94. The molecular formula is C18H15FN2S3. The zero-order valence-corrected chi connectivity index (χ0v) is 15.2. The molecule has 0 unspecified atom stereocenters. The summed E-state index contributed by atoms with van der Waals surface area (Å²) in [6.45, 7) is 0.830. The quantitative estimate of drug-likeness (QED) is 0.613. The molecule has 1 aromatic carbocycles. The van der Waals surface area contributed by atoms with Gasteiger partial charge >= 0.3 is 0 Å². The number of hydrogen-bond acceptors (Lipinski definition) is 3. The lowest BCUT2D eigenvalue weighted by Gasteiger charge is -2.37. The number of nitrogens with one attached hydrogen (secondary N) is 1. The first-order chi connectivity index (χ1) is 11.7. The van der Waals surface area contributed by atoms with Crippen LogP contribution in [-0.2, 0) is 6.42 Å². The topological polar surface area (TPSA) is 15.3 Å². The molecule has 1 aliphatic heterocycles. The highest BCUT2D eigenvalue weighted by molar-refractivity contribution is 7.80. The molecule has 0 aliphatic carbocycles. The average Bonchev–Trinajstić information content (AvgIpc) is 3.27. The number of hydrogen-bond donors (Lipinski definition) is 1. The first-order valence-electron chi connectivity index (χ1n) is 7.66. The molecule has 0 amide bonds. The molecule has 0 spiro atoms. The monoisotopic (exact) mass is 374 g/mol. The molecule has 0 bridgehead atoms. The summed E-state index contributed by atoms with van der Waals surface area (Å²) in [5.41, 5.74) is 1.73. The molecule has 4 rings (SSSR count). The summed E-state index contributed by atoms with van der Waals surface area (Å²) >= 11 is 9.16. The number of thiocarbonyl (C=S) groups is 1. The molecule has 3 aromatic rings. The molecule has 24 heavy (non-hydrogen) atoms. The van der Waals surface area contributed by atoms with E-state index >= 15 is 0 Å². The number of anilines is 1. The number of para-hydroxylation sites is 1. The van der Waals surface area contributed by atoms with E-state index in [1.54, 1.807) is 40.9 Å². The van der Waals surface area contributed by atoms with Crippen molar-refractivity contribution < 1.29 is 4.39 Å². The van der Waals surface area contributed by atoms with E-state index in [-0.39, 0.29) is 11.9 Å². The molecule has 2 aromatic heterocycles. The van der Waals surface area contributed by atoms with E-state index in [4.69, 9.17) is 12.2 Å². The largest absolute Gasteiger partial charge is 0.337 e. The number of benzene rings is 1. The molecule has 2 nitrogen and oxygen atoms in total. The summed E-state index contributed by atoms with van der Waals surface area (Å²) in [6, 6.07) is 13.1. The first-order valence-corrected chi connectivity index (χ1v) is 9.82. The Balaban J connectivity index is 1.66. The minimum atomic E-state index is -0.291. The van der Waals surface area contributed by atoms with Gasteiger partial charge in [0.15, 0.2) is 5.11 Å². The van der Waals surface area contributed by atoms with E-state index < -0.39 is 0 Å². The molecule has 6 heteroatoms. The van der Waals surface area contributed by atoms with Crippen LogP contribution in [0.4, 0.5) is 10.1 Å². The smallest absolute Gasteiger partial charge is 0.174 e. The molecule has 3 heterocycles. The Hall–Kier alpha value is -1.76. The fraction of sp³-hybridized carbons (Fsp3) is 0.167. The van der Waals surface area contributed by atoms with Crippen molar-refractivity contribution in [1.29, 1.82) is 0 Å². The second-order valence-electron chi connectivity index (χ2n) is 5.57. The summed E-state index contributed by atoms with van der Waals surface area (Å²) in [4.78, 5) is 4.84. The average molecular weight is 375 g/mol. The minimum absolute atomic E-state index is 0.103. The maximum atomic E-state index is 13.9. The van der Waals surface area contributed by atoms with Crippen LogP contribution in [0.25, 0.3) is 0 Å². The molecular weight excluding hydrogens is 359 g/mol. The Bertz CT molecular complexity index is 857. The summed E-state index contributed by atoms with van der Waals surface area (Å²) in [7, 11) is 0. The Kier molecular flexibility index (Phi) is 4.35. The molecule has 1 aliphatic rings. The van der Waals surface area contributed by atoms with Gasteiger partial charge in [-0.15, -0.1) is 22.7 Å². The van der Waals surface area contributed by atoms with Crippen molar-refractivity contribution in [2.24, 2.45) is 0 Å². The van der Waals surface area contributed by atoms with Gasteiger partial charge in [0.05, 0.1) is 11.7 Å². The third kappa shape index (κ3) is 2.85. The van der Waals surface area contributed by atoms with E-state index in [9.17, 15) is 4.39 Å². The predicted molar refractivity (Wildman–Crippen MR) is 104 cm³/mol. The standard InChI is InChI=1S/C18H15FN2S3/c19-13-4-1-2-5-14(13)20-18(22)21-9-7-15-12(8-11-24-15)17(21)16-6-3-10-23-16/h1-6,8,10-11,17H,7,9H2,(H,20,22)/t17-/m0/s1. The van der Waals surface area contributed by atoms with Crippen molar-refractivity contribution in [3.8, 4) is 0 Å². The van der Waals surface area contributed by atoms with Crippen LogP contribution in [0.2, 0.25) is 0 Å². The van der Waals surface area contributed by atoms with Gasteiger partial charge < -0.3 is 10.2 Å². The summed E-state index contributed by atoms with van der Waals surface area (Å²) in [5, 5.41) is 7.88. The summed E-state index contributed by atoms with van der Waals surface area (Å²) < 4.78 is 13.9. The molecule has 0 radical (unpaired) electrons. The molecule has 122 valence electrons. The van der Waals surface area contributed by atoms with Crippen LogP contribution in [0.3, 0.4) is 0 Å². The van der Waals surface area contributed by atoms with E-state index in [2.05, 4.69) is 39.2 Å². The SMILES string of the molecule is Fc1ccccc1NC(=S)N1CCc2sccc2[C@H]1c1cccs1. The van der Waals surface area contributed by atoms with Crippen LogP contribution >= 0.6 is 34.9 Å². The van der Waals surface area contributed by atoms with Gasteiger partial charge in [-0.2, -0.15) is 0 Å². The van der Waals surface area contributed by atoms with E-state index in [1.807, 2.05) is 0 Å². The fourth-order valence-corrected chi connectivity index (χ4v) is 5.10. The van der Waals surface area contributed by atoms with Gasteiger partial charge in [-0.25, -0.2) is 4.39 Å². The number of thiophene rings is 2. The Morgan fingerprint density at radius 3 is 2.79 bits per heavy atom. The third-order valence-electron chi connectivity index (χ3n) is 4.15. The first kappa shape index (κ1) is 15.7. The van der Waals surface area contributed by atoms with Crippen LogP contribution in [0, 0.1) is 5.82 Å². The van der Waals surface area contributed by atoms with Crippen molar-refractivity contribution in [2.45, 2.75) is 12.5 Å². The zero-order valence-electron chi connectivity index (χ0n) is 12.7. The van der Waals surface area contributed by atoms with Gasteiger partial charge in [-0.3, -0.25) is 0 Å². The van der Waals surface area contributed by atoms with Crippen molar-refractivity contribution in [1.82, 2.24) is 4.90 Å². The molecule has 0 saturated heterocycles. The normalized spacial score (nSPS) is 16.7. The highest BCUT2D eigenvalue weighted by Crippen LogP contribution is 2.39. The van der Waals surface area contributed by atoms with Gasteiger partial charge in [-0.1, -0.05) is 18.2 Å². The molecule has 0 saturated carbocycles. The summed E-state index contributed by atoms with van der Waals surface area (Å²) in [6.07, 6.45) is 0.966. The van der Waals surface area contributed by atoms with E-state index in [0.717, 1.165) is 13.0 Å². The zero-order chi connectivity index (χ0) is 16.5. The van der Waals surface area contributed by atoms with Crippen molar-refractivity contribution in [3.05, 3.63) is 74.4 Å². The fourth-order valence-electron chi connectivity index (χ4n) is 3.04. The number of fused-ring (bicyclic) bond motifs is 1. The summed E-state index contributed by atoms with van der Waals surface area (Å²) in [5.74, 6) is -0.291. The number of rotatable bonds is 2. The lowest BCUT2D eigenvalue weighted by Crippen LogP contribution is -2.42. The lowest BCUT2D eigenvalue weighted by molar-refractivity contribution is 0.350. The van der Waals surface area contributed by atoms with Crippen LogP contribution in [-0.4, -0.2) is 16.6 Å². The van der Waals surface area contributed by atoms with Gasteiger partial charge in [-0.05, 0) is 59.2 Å². The van der Waals surface area contributed by atoms with Gasteiger partial charge in [0, 0.05) is 16.3 Å².